The molecule has 0 atom stereocenters. The minimum atomic E-state index is 0.684. The number of anilines is 1. The van der Waals surface area contributed by atoms with Gasteiger partial charge in [0.25, 0.3) is 0 Å². The first-order valence-corrected chi connectivity index (χ1v) is 5.13. The van der Waals surface area contributed by atoms with Gasteiger partial charge in [0.1, 0.15) is 0 Å². The standard InChI is InChI=1S/C9H11BrClNO/c1-3-12-8-5-6(11)4-7(10)9(8)13-2/h4-5,12H,3H2,1-2H3. The summed E-state index contributed by atoms with van der Waals surface area (Å²) in [5.41, 5.74) is 0.907. The average molecular weight is 265 g/mol. The van der Waals surface area contributed by atoms with Gasteiger partial charge in [0, 0.05) is 11.6 Å². The second kappa shape index (κ2) is 4.72. The lowest BCUT2D eigenvalue weighted by molar-refractivity contribution is 0.414. The average Bonchev–Trinajstić information content (AvgIpc) is 2.04. The first kappa shape index (κ1) is 10.7. The number of ether oxygens (including phenoxy) is 1. The summed E-state index contributed by atoms with van der Waals surface area (Å²) in [5, 5.41) is 3.85. The molecule has 0 radical (unpaired) electrons. The lowest BCUT2D eigenvalue weighted by Crippen LogP contribution is -1.99. The third-order valence-corrected chi connectivity index (χ3v) is 2.39. The summed E-state index contributed by atoms with van der Waals surface area (Å²) >= 11 is 9.27. The molecule has 1 N–H and O–H groups in total. The predicted molar refractivity (Wildman–Crippen MR) is 59.9 cm³/mol. The summed E-state index contributed by atoms with van der Waals surface area (Å²) in [6.07, 6.45) is 0. The quantitative estimate of drug-likeness (QED) is 0.901. The molecule has 0 aromatic heterocycles. The van der Waals surface area contributed by atoms with Crippen LogP contribution in [0.4, 0.5) is 5.69 Å². The molecule has 0 aliphatic heterocycles. The Morgan fingerprint density at radius 1 is 1.54 bits per heavy atom. The molecule has 0 aliphatic rings. The van der Waals surface area contributed by atoms with Crippen molar-refractivity contribution < 1.29 is 4.74 Å². The van der Waals surface area contributed by atoms with Crippen molar-refractivity contribution in [1.29, 1.82) is 0 Å². The molecule has 1 aromatic carbocycles. The summed E-state index contributed by atoms with van der Waals surface area (Å²) < 4.78 is 6.08. The van der Waals surface area contributed by atoms with E-state index in [-0.39, 0.29) is 0 Å². The van der Waals surface area contributed by atoms with E-state index >= 15 is 0 Å². The molecule has 0 unspecified atom stereocenters. The molecule has 0 amide bonds. The molecule has 0 saturated carbocycles. The first-order valence-electron chi connectivity index (χ1n) is 3.96. The Morgan fingerprint density at radius 3 is 2.77 bits per heavy atom. The maximum atomic E-state index is 5.89. The Bertz CT molecular complexity index is 304. The van der Waals surface area contributed by atoms with Crippen molar-refractivity contribution in [3.8, 4) is 5.75 Å². The smallest absolute Gasteiger partial charge is 0.156 e. The number of benzene rings is 1. The lowest BCUT2D eigenvalue weighted by atomic mass is 10.3. The van der Waals surface area contributed by atoms with Crippen LogP contribution in [0.1, 0.15) is 6.92 Å². The molecular weight excluding hydrogens is 253 g/mol. The zero-order chi connectivity index (χ0) is 9.84. The van der Waals surface area contributed by atoms with Crippen LogP contribution in [0.2, 0.25) is 5.02 Å². The van der Waals surface area contributed by atoms with Gasteiger partial charge in [0.2, 0.25) is 0 Å². The zero-order valence-corrected chi connectivity index (χ0v) is 9.87. The minimum Gasteiger partial charge on any atom is -0.493 e. The van der Waals surface area contributed by atoms with Gasteiger partial charge in [-0.15, -0.1) is 0 Å². The van der Waals surface area contributed by atoms with Crippen LogP contribution >= 0.6 is 27.5 Å². The summed E-state index contributed by atoms with van der Waals surface area (Å²) in [6, 6.07) is 3.65. The normalized spacial score (nSPS) is 9.85. The van der Waals surface area contributed by atoms with E-state index in [1.807, 2.05) is 13.0 Å². The van der Waals surface area contributed by atoms with Crippen molar-refractivity contribution in [2.45, 2.75) is 6.92 Å². The van der Waals surface area contributed by atoms with Crippen molar-refractivity contribution in [3.05, 3.63) is 21.6 Å². The lowest BCUT2D eigenvalue weighted by Gasteiger charge is -2.11. The third kappa shape index (κ3) is 2.51. The fraction of sp³-hybridized carbons (Fsp3) is 0.333. The summed E-state index contributed by atoms with van der Waals surface area (Å²) in [4.78, 5) is 0. The van der Waals surface area contributed by atoms with Gasteiger partial charge in [-0.2, -0.15) is 0 Å². The Balaban J connectivity index is 3.13. The molecule has 1 aromatic rings. The largest absolute Gasteiger partial charge is 0.493 e. The number of nitrogens with one attached hydrogen (secondary N) is 1. The van der Waals surface area contributed by atoms with Crippen LogP contribution in [0.15, 0.2) is 16.6 Å². The maximum Gasteiger partial charge on any atom is 0.156 e. The molecular formula is C9H11BrClNO. The van der Waals surface area contributed by atoms with E-state index in [2.05, 4.69) is 21.2 Å². The third-order valence-electron chi connectivity index (χ3n) is 1.58. The first-order chi connectivity index (χ1) is 6.19. The van der Waals surface area contributed by atoms with Crippen molar-refractivity contribution >= 4 is 33.2 Å². The van der Waals surface area contributed by atoms with Crippen LogP contribution in [0, 0.1) is 0 Å². The summed E-state index contributed by atoms with van der Waals surface area (Å²) in [7, 11) is 1.63. The summed E-state index contributed by atoms with van der Waals surface area (Å²) in [6.45, 7) is 2.86. The molecule has 0 bridgehead atoms. The molecule has 4 heteroatoms. The Kier molecular flexibility index (Phi) is 3.88. The molecule has 0 fully saturated rings. The number of methoxy groups -OCH3 is 1. The SMILES string of the molecule is CCNc1cc(Cl)cc(Br)c1OC. The highest BCUT2D eigenvalue weighted by atomic mass is 79.9. The molecule has 0 saturated heterocycles. The van der Waals surface area contributed by atoms with Gasteiger partial charge < -0.3 is 10.1 Å². The van der Waals surface area contributed by atoms with E-state index in [0.29, 0.717) is 5.02 Å². The van der Waals surface area contributed by atoms with Gasteiger partial charge in [-0.3, -0.25) is 0 Å². The van der Waals surface area contributed by atoms with Gasteiger partial charge >= 0.3 is 0 Å². The summed E-state index contributed by atoms with van der Waals surface area (Å²) in [5.74, 6) is 0.784. The molecule has 72 valence electrons. The zero-order valence-electron chi connectivity index (χ0n) is 7.53. The van der Waals surface area contributed by atoms with E-state index in [4.69, 9.17) is 16.3 Å². The topological polar surface area (TPSA) is 21.3 Å². The maximum absolute atomic E-state index is 5.89. The van der Waals surface area contributed by atoms with Crippen LogP contribution in [0.25, 0.3) is 0 Å². The van der Waals surface area contributed by atoms with Crippen LogP contribution in [-0.4, -0.2) is 13.7 Å². The monoisotopic (exact) mass is 263 g/mol. The number of rotatable bonds is 3. The van der Waals surface area contributed by atoms with E-state index in [0.717, 1.165) is 22.5 Å². The second-order valence-electron chi connectivity index (χ2n) is 2.50. The van der Waals surface area contributed by atoms with Crippen LogP contribution in [0.5, 0.6) is 5.75 Å². The van der Waals surface area contributed by atoms with E-state index in [1.54, 1.807) is 13.2 Å². The number of hydrogen-bond donors (Lipinski definition) is 1. The fourth-order valence-electron chi connectivity index (χ4n) is 1.09. The highest BCUT2D eigenvalue weighted by Crippen LogP contribution is 2.35. The number of halogens is 2. The van der Waals surface area contributed by atoms with Crippen molar-refractivity contribution in [3.63, 3.8) is 0 Å². The van der Waals surface area contributed by atoms with Crippen molar-refractivity contribution in [1.82, 2.24) is 0 Å². The Hall–Kier alpha value is -0.410. The second-order valence-corrected chi connectivity index (χ2v) is 3.79. The molecule has 1 rings (SSSR count). The highest BCUT2D eigenvalue weighted by molar-refractivity contribution is 9.10. The Morgan fingerprint density at radius 2 is 2.23 bits per heavy atom. The fourth-order valence-corrected chi connectivity index (χ4v) is 2.06. The van der Waals surface area contributed by atoms with Gasteiger partial charge in [-0.05, 0) is 35.0 Å². The van der Waals surface area contributed by atoms with Gasteiger partial charge in [-0.1, -0.05) is 11.6 Å². The molecule has 0 spiro atoms. The predicted octanol–water partition coefficient (Wildman–Crippen LogP) is 3.54. The van der Waals surface area contributed by atoms with Crippen LogP contribution in [0.3, 0.4) is 0 Å². The van der Waals surface area contributed by atoms with Crippen molar-refractivity contribution in [2.75, 3.05) is 19.0 Å². The van der Waals surface area contributed by atoms with E-state index in [9.17, 15) is 0 Å². The molecule has 13 heavy (non-hydrogen) atoms. The van der Waals surface area contributed by atoms with E-state index < -0.39 is 0 Å². The van der Waals surface area contributed by atoms with Crippen LogP contribution < -0.4 is 10.1 Å². The molecule has 2 nitrogen and oxygen atoms in total. The van der Waals surface area contributed by atoms with Gasteiger partial charge in [0.15, 0.2) is 5.75 Å². The van der Waals surface area contributed by atoms with E-state index in [1.165, 1.54) is 0 Å². The molecule has 0 heterocycles. The highest BCUT2D eigenvalue weighted by Gasteiger charge is 2.07. The Labute approximate surface area is 91.4 Å². The molecule has 0 aliphatic carbocycles. The van der Waals surface area contributed by atoms with Gasteiger partial charge in [-0.25, -0.2) is 0 Å². The van der Waals surface area contributed by atoms with Crippen molar-refractivity contribution in [2.24, 2.45) is 0 Å². The van der Waals surface area contributed by atoms with Crippen LogP contribution in [-0.2, 0) is 0 Å². The number of hydrogen-bond acceptors (Lipinski definition) is 2. The minimum absolute atomic E-state index is 0.684. The van der Waals surface area contributed by atoms with Gasteiger partial charge in [0.05, 0.1) is 17.3 Å².